The Morgan fingerprint density at radius 3 is 2.83 bits per heavy atom. The van der Waals surface area contributed by atoms with Crippen LogP contribution in [0.5, 0.6) is 5.88 Å². The second-order valence-electron chi connectivity index (χ2n) is 5.52. The minimum atomic E-state index is 0.266. The number of aryl methyl sites for hydroxylation is 2. The fourth-order valence-corrected chi connectivity index (χ4v) is 2.84. The van der Waals surface area contributed by atoms with Crippen molar-refractivity contribution in [1.29, 1.82) is 0 Å². The maximum absolute atomic E-state index is 5.75. The molecule has 1 aliphatic rings. The number of hydrogen-bond donors (Lipinski definition) is 0. The zero-order valence-corrected chi connectivity index (χ0v) is 12.8. The summed E-state index contributed by atoms with van der Waals surface area (Å²) in [7, 11) is 0. The largest absolute Gasteiger partial charge is 0.468 e. The zero-order valence-electron chi connectivity index (χ0n) is 12.8. The second-order valence-corrected chi connectivity index (χ2v) is 5.52. The van der Waals surface area contributed by atoms with Gasteiger partial charge in [-0.15, -0.1) is 0 Å². The van der Waals surface area contributed by atoms with Gasteiger partial charge in [-0.2, -0.15) is 0 Å². The predicted molar refractivity (Wildman–Crippen MR) is 82.9 cm³/mol. The molecule has 0 spiro atoms. The standard InChI is InChI=1S/C17H16N4O2/c1-11-19-8-12(9-20-11)14-7-16(21-15-4-2-3-13(14)15)23-10-17-18-5-6-22-17/h5-9H,2-4,10H2,1H3. The Bertz CT molecular complexity index is 813. The molecule has 0 atom stereocenters. The lowest BCUT2D eigenvalue weighted by molar-refractivity contribution is 0.253. The van der Waals surface area contributed by atoms with Crippen LogP contribution in [0, 0.1) is 6.92 Å². The van der Waals surface area contributed by atoms with E-state index in [0.717, 1.165) is 41.9 Å². The van der Waals surface area contributed by atoms with E-state index in [-0.39, 0.29) is 6.61 Å². The lowest BCUT2D eigenvalue weighted by Gasteiger charge is -2.11. The highest BCUT2D eigenvalue weighted by Crippen LogP contribution is 2.33. The number of rotatable bonds is 4. The van der Waals surface area contributed by atoms with Crippen LogP contribution in [0.4, 0.5) is 0 Å². The summed E-state index contributed by atoms with van der Waals surface area (Å²) in [5.74, 6) is 1.88. The number of hydrogen-bond acceptors (Lipinski definition) is 6. The summed E-state index contributed by atoms with van der Waals surface area (Å²) in [5.41, 5.74) is 4.48. The van der Waals surface area contributed by atoms with Gasteiger partial charge in [-0.1, -0.05) is 0 Å². The normalized spacial score (nSPS) is 13.1. The molecule has 0 aromatic carbocycles. The molecule has 0 bridgehead atoms. The SMILES string of the molecule is Cc1ncc(-c2cc(OCc3ncco3)nc3c2CCC3)cn1. The first kappa shape index (κ1) is 13.9. The highest BCUT2D eigenvalue weighted by atomic mass is 16.5. The van der Waals surface area contributed by atoms with Crippen molar-refractivity contribution in [2.24, 2.45) is 0 Å². The van der Waals surface area contributed by atoms with Crippen molar-refractivity contribution in [1.82, 2.24) is 19.9 Å². The minimum Gasteiger partial charge on any atom is -0.468 e. The van der Waals surface area contributed by atoms with Crippen molar-refractivity contribution >= 4 is 0 Å². The van der Waals surface area contributed by atoms with Gasteiger partial charge in [-0.3, -0.25) is 0 Å². The van der Waals surface area contributed by atoms with Gasteiger partial charge in [0.1, 0.15) is 12.1 Å². The number of aromatic nitrogens is 4. The van der Waals surface area contributed by atoms with Crippen LogP contribution in [0.1, 0.15) is 29.4 Å². The number of ether oxygens (including phenoxy) is 1. The average Bonchev–Trinajstić information content (AvgIpc) is 3.24. The maximum atomic E-state index is 5.75. The first-order valence-corrected chi connectivity index (χ1v) is 7.62. The zero-order chi connectivity index (χ0) is 15.6. The van der Waals surface area contributed by atoms with Gasteiger partial charge in [0.05, 0.1) is 6.20 Å². The quantitative estimate of drug-likeness (QED) is 0.738. The summed E-state index contributed by atoms with van der Waals surface area (Å²) in [4.78, 5) is 17.3. The van der Waals surface area contributed by atoms with Crippen LogP contribution in [0.15, 0.2) is 35.3 Å². The van der Waals surface area contributed by atoms with Crippen LogP contribution in [0.3, 0.4) is 0 Å². The van der Waals surface area contributed by atoms with Crippen LogP contribution >= 0.6 is 0 Å². The smallest absolute Gasteiger partial charge is 0.232 e. The Balaban J connectivity index is 1.68. The van der Waals surface area contributed by atoms with Crippen molar-refractivity contribution in [2.45, 2.75) is 32.8 Å². The van der Waals surface area contributed by atoms with E-state index < -0.39 is 0 Å². The minimum absolute atomic E-state index is 0.266. The lowest BCUT2D eigenvalue weighted by Crippen LogP contribution is -2.01. The van der Waals surface area contributed by atoms with Crippen LogP contribution in [0.25, 0.3) is 11.1 Å². The van der Waals surface area contributed by atoms with Crippen molar-refractivity contribution in [3.8, 4) is 17.0 Å². The van der Waals surface area contributed by atoms with Gasteiger partial charge in [0.25, 0.3) is 0 Å². The summed E-state index contributed by atoms with van der Waals surface area (Å²) in [6.45, 7) is 2.15. The fourth-order valence-electron chi connectivity index (χ4n) is 2.84. The topological polar surface area (TPSA) is 73.9 Å². The van der Waals surface area contributed by atoms with Gasteiger partial charge in [0, 0.05) is 29.7 Å². The molecule has 1 aliphatic carbocycles. The van der Waals surface area contributed by atoms with Crippen LogP contribution < -0.4 is 4.74 Å². The molecule has 23 heavy (non-hydrogen) atoms. The Morgan fingerprint density at radius 2 is 2.04 bits per heavy atom. The molecule has 116 valence electrons. The summed E-state index contributed by atoms with van der Waals surface area (Å²) >= 11 is 0. The molecular formula is C17H16N4O2. The summed E-state index contributed by atoms with van der Waals surface area (Å²) in [5, 5.41) is 0. The molecule has 0 aliphatic heterocycles. The first-order valence-electron chi connectivity index (χ1n) is 7.62. The lowest BCUT2D eigenvalue weighted by atomic mass is 10.0. The van der Waals surface area contributed by atoms with Crippen LogP contribution in [0.2, 0.25) is 0 Å². The number of oxazole rings is 1. The third-order valence-corrected chi connectivity index (χ3v) is 3.95. The molecule has 3 aromatic heterocycles. The summed E-state index contributed by atoms with van der Waals surface area (Å²) in [6, 6.07) is 1.96. The molecule has 0 unspecified atom stereocenters. The van der Waals surface area contributed by atoms with E-state index in [1.807, 2.05) is 25.4 Å². The van der Waals surface area contributed by atoms with Gasteiger partial charge in [-0.25, -0.2) is 19.9 Å². The van der Waals surface area contributed by atoms with E-state index in [4.69, 9.17) is 9.15 Å². The maximum Gasteiger partial charge on any atom is 0.232 e. The Kier molecular flexibility index (Phi) is 3.49. The number of pyridine rings is 1. The number of nitrogens with zero attached hydrogens (tertiary/aromatic N) is 4. The van der Waals surface area contributed by atoms with Gasteiger partial charge >= 0.3 is 0 Å². The average molecular weight is 308 g/mol. The molecule has 0 N–H and O–H groups in total. The molecule has 0 fully saturated rings. The second kappa shape index (κ2) is 5.79. The molecule has 3 heterocycles. The van der Waals surface area contributed by atoms with Gasteiger partial charge in [0.15, 0.2) is 6.61 Å². The predicted octanol–water partition coefficient (Wildman–Crippen LogP) is 2.90. The van der Waals surface area contributed by atoms with Crippen molar-refractivity contribution in [3.05, 3.63) is 53.9 Å². The summed E-state index contributed by atoms with van der Waals surface area (Å²) in [6.07, 6.45) is 9.97. The Labute approximate surface area is 133 Å². The number of fused-ring (bicyclic) bond motifs is 1. The molecular weight excluding hydrogens is 292 g/mol. The highest BCUT2D eigenvalue weighted by molar-refractivity contribution is 5.68. The first-order chi connectivity index (χ1) is 11.3. The monoisotopic (exact) mass is 308 g/mol. The van der Waals surface area contributed by atoms with Crippen molar-refractivity contribution in [2.75, 3.05) is 0 Å². The highest BCUT2D eigenvalue weighted by Gasteiger charge is 2.20. The van der Waals surface area contributed by atoms with E-state index in [2.05, 4.69) is 19.9 Å². The molecule has 0 radical (unpaired) electrons. The molecule has 0 saturated heterocycles. The molecule has 6 heteroatoms. The van der Waals surface area contributed by atoms with Crippen molar-refractivity contribution < 1.29 is 9.15 Å². The molecule has 0 saturated carbocycles. The molecule has 3 aromatic rings. The van der Waals surface area contributed by atoms with Gasteiger partial charge in [-0.05, 0) is 37.3 Å². The van der Waals surface area contributed by atoms with E-state index in [0.29, 0.717) is 11.8 Å². The third-order valence-electron chi connectivity index (χ3n) is 3.95. The Morgan fingerprint density at radius 1 is 1.17 bits per heavy atom. The van der Waals surface area contributed by atoms with E-state index in [1.54, 1.807) is 6.20 Å². The van der Waals surface area contributed by atoms with Gasteiger partial charge in [0.2, 0.25) is 11.8 Å². The molecule has 0 amide bonds. The van der Waals surface area contributed by atoms with Crippen LogP contribution in [-0.2, 0) is 19.4 Å². The fraction of sp³-hybridized carbons (Fsp3) is 0.294. The van der Waals surface area contributed by atoms with Gasteiger partial charge < -0.3 is 9.15 Å². The van der Waals surface area contributed by atoms with E-state index in [1.165, 1.54) is 11.8 Å². The molecule has 6 nitrogen and oxygen atoms in total. The Hall–Kier alpha value is -2.76. The van der Waals surface area contributed by atoms with Crippen molar-refractivity contribution in [3.63, 3.8) is 0 Å². The molecule has 4 rings (SSSR count). The third kappa shape index (κ3) is 2.79. The summed E-state index contributed by atoms with van der Waals surface area (Å²) < 4.78 is 10.9. The van der Waals surface area contributed by atoms with E-state index >= 15 is 0 Å². The van der Waals surface area contributed by atoms with E-state index in [9.17, 15) is 0 Å². The van der Waals surface area contributed by atoms with Crippen LogP contribution in [-0.4, -0.2) is 19.9 Å².